The van der Waals surface area contributed by atoms with Crippen molar-refractivity contribution >= 4 is 21.1 Å². The molecule has 0 unspecified atom stereocenters. The van der Waals surface area contributed by atoms with Crippen LogP contribution in [0.4, 0.5) is 4.39 Å². The van der Waals surface area contributed by atoms with E-state index in [1.807, 2.05) is 18.3 Å². The van der Waals surface area contributed by atoms with Crippen molar-refractivity contribution < 1.29 is 12.8 Å². The predicted octanol–water partition coefficient (Wildman–Crippen LogP) is 3.11. The average Bonchev–Trinajstić information content (AvgIpc) is 2.94. The van der Waals surface area contributed by atoms with Crippen LogP contribution in [-0.4, -0.2) is 24.5 Å². The van der Waals surface area contributed by atoms with Gasteiger partial charge in [-0.3, -0.25) is 0 Å². The number of aryl methyl sites for hydroxylation is 1. The molecule has 1 aromatic carbocycles. The van der Waals surface area contributed by atoms with Crippen LogP contribution in [0.25, 0.3) is 11.0 Å². The summed E-state index contributed by atoms with van der Waals surface area (Å²) < 4.78 is 42.7. The van der Waals surface area contributed by atoms with E-state index >= 15 is 0 Å². The van der Waals surface area contributed by atoms with Crippen molar-refractivity contribution in [2.75, 3.05) is 6.54 Å². The van der Waals surface area contributed by atoms with Gasteiger partial charge in [-0.05, 0) is 42.7 Å². The molecule has 5 nitrogen and oxygen atoms in total. The molecule has 1 N–H and O–H groups in total. The first kappa shape index (κ1) is 17.6. The summed E-state index contributed by atoms with van der Waals surface area (Å²) in [4.78, 5) is 4.08. The molecule has 25 heavy (non-hydrogen) atoms. The summed E-state index contributed by atoms with van der Waals surface area (Å²) in [6.07, 6.45) is 5.25. The molecule has 132 valence electrons. The second-order valence-corrected chi connectivity index (χ2v) is 7.54. The lowest BCUT2D eigenvalue weighted by atomic mass is 10.2. The summed E-state index contributed by atoms with van der Waals surface area (Å²) in [5, 5.41) is 1.01. The highest BCUT2D eigenvalue weighted by Crippen LogP contribution is 2.20. The number of nitrogens with one attached hydrogen (secondary N) is 1. The van der Waals surface area contributed by atoms with Gasteiger partial charge < -0.3 is 4.57 Å². The third-order valence-corrected chi connectivity index (χ3v) is 5.49. The van der Waals surface area contributed by atoms with Crippen molar-refractivity contribution in [2.24, 2.45) is 0 Å². The van der Waals surface area contributed by atoms with Gasteiger partial charge in [0.15, 0.2) is 0 Å². The van der Waals surface area contributed by atoms with Crippen molar-refractivity contribution in [2.45, 2.75) is 31.2 Å². The minimum Gasteiger partial charge on any atom is -0.332 e. The van der Waals surface area contributed by atoms with E-state index in [2.05, 4.69) is 21.2 Å². The number of pyridine rings is 1. The van der Waals surface area contributed by atoms with E-state index in [1.165, 1.54) is 18.2 Å². The van der Waals surface area contributed by atoms with Gasteiger partial charge in [0.25, 0.3) is 0 Å². The van der Waals surface area contributed by atoms with Gasteiger partial charge in [-0.15, -0.1) is 0 Å². The Morgan fingerprint density at radius 1 is 1.20 bits per heavy atom. The first-order chi connectivity index (χ1) is 12.0. The van der Waals surface area contributed by atoms with Crippen LogP contribution in [0, 0.1) is 5.82 Å². The zero-order chi connectivity index (χ0) is 17.9. The molecule has 0 bridgehead atoms. The van der Waals surface area contributed by atoms with Crippen molar-refractivity contribution in [3.63, 3.8) is 0 Å². The molecular formula is C18H20FN3O2S. The Kier molecular flexibility index (Phi) is 5.15. The molecule has 3 rings (SSSR count). The number of hydrogen-bond donors (Lipinski definition) is 1. The zero-order valence-electron chi connectivity index (χ0n) is 13.9. The molecule has 0 aliphatic carbocycles. The second kappa shape index (κ2) is 7.33. The summed E-state index contributed by atoms with van der Waals surface area (Å²) in [6.45, 7) is 3.14. The third kappa shape index (κ3) is 3.72. The fraction of sp³-hybridized carbons (Fsp3) is 0.278. The molecule has 3 aromatic rings. The quantitative estimate of drug-likeness (QED) is 0.703. The standard InChI is InChI=1S/C18H20FN3O2S/c1-2-12-22-13-14(15-6-5-10-20-18(15)22)9-11-21-25(23,24)17-8-4-3-7-16(17)19/h3-8,10,13,21H,2,9,11-12H2,1H3. The van der Waals surface area contributed by atoms with Crippen molar-refractivity contribution in [3.8, 4) is 0 Å². The summed E-state index contributed by atoms with van der Waals surface area (Å²) >= 11 is 0. The van der Waals surface area contributed by atoms with Crippen LogP contribution < -0.4 is 4.72 Å². The van der Waals surface area contributed by atoms with Gasteiger partial charge in [-0.2, -0.15) is 0 Å². The van der Waals surface area contributed by atoms with Crippen molar-refractivity contribution in [1.29, 1.82) is 0 Å². The van der Waals surface area contributed by atoms with Crippen LogP contribution in [0.1, 0.15) is 18.9 Å². The molecule has 0 aliphatic rings. The van der Waals surface area contributed by atoms with Gasteiger partial charge in [0.2, 0.25) is 10.0 Å². The lowest BCUT2D eigenvalue weighted by Gasteiger charge is -2.07. The number of rotatable bonds is 7. The molecular weight excluding hydrogens is 341 g/mol. The summed E-state index contributed by atoms with van der Waals surface area (Å²) in [5.74, 6) is -0.751. The molecule has 0 spiro atoms. The van der Waals surface area contributed by atoms with Crippen LogP contribution in [0.5, 0.6) is 0 Å². The number of nitrogens with zero attached hydrogens (tertiary/aromatic N) is 2. The van der Waals surface area contributed by atoms with E-state index in [0.29, 0.717) is 6.42 Å². The van der Waals surface area contributed by atoms with Crippen LogP contribution in [0.15, 0.2) is 53.7 Å². The molecule has 0 saturated heterocycles. The zero-order valence-corrected chi connectivity index (χ0v) is 14.8. The second-order valence-electron chi connectivity index (χ2n) is 5.80. The number of halogens is 1. The van der Waals surface area contributed by atoms with Crippen LogP contribution >= 0.6 is 0 Å². The van der Waals surface area contributed by atoms with E-state index in [9.17, 15) is 12.8 Å². The van der Waals surface area contributed by atoms with E-state index in [4.69, 9.17) is 0 Å². The van der Waals surface area contributed by atoms with Crippen molar-refractivity contribution in [1.82, 2.24) is 14.3 Å². The molecule has 0 aliphatic heterocycles. The highest BCUT2D eigenvalue weighted by molar-refractivity contribution is 7.89. The molecule has 2 aromatic heterocycles. The van der Waals surface area contributed by atoms with Crippen molar-refractivity contribution in [3.05, 3.63) is 60.2 Å². The van der Waals surface area contributed by atoms with Gasteiger partial charge in [-0.1, -0.05) is 19.1 Å². The fourth-order valence-electron chi connectivity index (χ4n) is 2.87. The van der Waals surface area contributed by atoms with Gasteiger partial charge in [0.05, 0.1) is 0 Å². The maximum atomic E-state index is 13.7. The maximum Gasteiger partial charge on any atom is 0.243 e. The van der Waals surface area contributed by atoms with Gasteiger partial charge in [0, 0.05) is 30.9 Å². The Bertz CT molecular complexity index is 983. The molecule has 0 amide bonds. The Labute approximate surface area is 146 Å². The molecule has 0 saturated carbocycles. The van der Waals surface area contributed by atoms with E-state index in [-0.39, 0.29) is 11.4 Å². The average molecular weight is 361 g/mol. The summed E-state index contributed by atoms with van der Waals surface area (Å²) in [5.41, 5.74) is 1.92. The van der Waals surface area contributed by atoms with Crippen LogP contribution in [-0.2, 0) is 23.0 Å². The fourth-order valence-corrected chi connectivity index (χ4v) is 3.98. The van der Waals surface area contributed by atoms with E-state index in [1.54, 1.807) is 6.20 Å². The molecule has 0 atom stereocenters. The first-order valence-electron chi connectivity index (χ1n) is 8.20. The lowest BCUT2D eigenvalue weighted by molar-refractivity contribution is 0.557. The molecule has 2 heterocycles. The highest BCUT2D eigenvalue weighted by Gasteiger charge is 2.18. The Morgan fingerprint density at radius 3 is 2.76 bits per heavy atom. The number of benzene rings is 1. The van der Waals surface area contributed by atoms with Gasteiger partial charge in [0.1, 0.15) is 16.4 Å². The monoisotopic (exact) mass is 361 g/mol. The van der Waals surface area contributed by atoms with E-state index in [0.717, 1.165) is 35.6 Å². The minimum atomic E-state index is -3.87. The first-order valence-corrected chi connectivity index (χ1v) is 9.68. The van der Waals surface area contributed by atoms with Gasteiger partial charge >= 0.3 is 0 Å². The highest BCUT2D eigenvalue weighted by atomic mass is 32.2. The smallest absolute Gasteiger partial charge is 0.243 e. The molecule has 7 heteroatoms. The summed E-state index contributed by atoms with van der Waals surface area (Å²) in [6, 6.07) is 9.21. The predicted molar refractivity (Wildman–Crippen MR) is 95.3 cm³/mol. The topological polar surface area (TPSA) is 64.0 Å². The van der Waals surface area contributed by atoms with Gasteiger partial charge in [-0.25, -0.2) is 22.5 Å². The maximum absolute atomic E-state index is 13.7. The van der Waals surface area contributed by atoms with Crippen LogP contribution in [0.3, 0.4) is 0 Å². The molecule has 0 fully saturated rings. The number of hydrogen-bond acceptors (Lipinski definition) is 3. The number of fused-ring (bicyclic) bond motifs is 1. The third-order valence-electron chi connectivity index (χ3n) is 3.99. The Morgan fingerprint density at radius 2 is 2.00 bits per heavy atom. The van der Waals surface area contributed by atoms with E-state index < -0.39 is 15.8 Å². The minimum absolute atomic E-state index is 0.191. The normalized spacial score (nSPS) is 11.9. The number of aromatic nitrogens is 2. The van der Waals surface area contributed by atoms with Crippen LogP contribution in [0.2, 0.25) is 0 Å². The lowest BCUT2D eigenvalue weighted by Crippen LogP contribution is -2.26. The Balaban J connectivity index is 1.76. The Hall–Kier alpha value is -2.25. The SMILES string of the molecule is CCCn1cc(CCNS(=O)(=O)c2ccccc2F)c2cccnc21. The largest absolute Gasteiger partial charge is 0.332 e. The summed E-state index contributed by atoms with van der Waals surface area (Å²) in [7, 11) is -3.87. The molecule has 0 radical (unpaired) electrons. The number of sulfonamides is 1.